The largest absolute Gasteiger partial charge is 0.294 e. The highest BCUT2D eigenvalue weighted by atomic mass is 35.5. The molecule has 23 heavy (non-hydrogen) atoms. The average Bonchev–Trinajstić information content (AvgIpc) is 2.89. The first-order chi connectivity index (χ1) is 10.5. The highest BCUT2D eigenvalue weighted by molar-refractivity contribution is 7.90. The molecule has 0 N–H and O–H groups in total. The van der Waals surface area contributed by atoms with E-state index in [1.807, 2.05) is 6.07 Å². The topological polar surface area (TPSA) is 64.1 Å². The Kier molecular flexibility index (Phi) is 5.02. The fraction of sp³-hybridized carbons (Fsp3) is 0.176. The van der Waals surface area contributed by atoms with Crippen molar-refractivity contribution in [3.8, 4) is 0 Å². The second kappa shape index (κ2) is 6.64. The molecule has 1 heterocycles. The molecule has 1 aliphatic rings. The van der Waals surface area contributed by atoms with Gasteiger partial charge in [0.1, 0.15) is 0 Å². The molecular weight excluding hydrogens is 334 g/mol. The lowest BCUT2D eigenvalue weighted by atomic mass is 9.98. The summed E-state index contributed by atoms with van der Waals surface area (Å²) in [4.78, 5) is 16.6. The molecule has 2 aromatic rings. The van der Waals surface area contributed by atoms with Crippen LogP contribution in [0.2, 0.25) is 0 Å². The maximum atomic E-state index is 12.2. The summed E-state index contributed by atoms with van der Waals surface area (Å²) < 4.78 is 23.1. The standard InChI is InChI=1S/C17H15NO3S.ClH/c1-22(20,21)14-6-4-12(5-7-14)15-8-9-16(19)17(15)13-3-2-10-18-11-13;/h2-7,10-11H,8-9H2,1H3;1H. The van der Waals surface area contributed by atoms with Gasteiger partial charge in [-0.25, -0.2) is 8.42 Å². The van der Waals surface area contributed by atoms with Crippen LogP contribution in [0.25, 0.3) is 11.1 Å². The van der Waals surface area contributed by atoms with E-state index in [1.165, 1.54) is 6.26 Å². The summed E-state index contributed by atoms with van der Waals surface area (Å²) in [6.07, 6.45) is 5.68. The number of sulfone groups is 1. The zero-order valence-electron chi connectivity index (χ0n) is 12.5. The predicted molar refractivity (Wildman–Crippen MR) is 92.1 cm³/mol. The number of ketones is 1. The number of rotatable bonds is 3. The number of carbonyl (C=O) groups is 1. The Morgan fingerprint density at radius 3 is 2.26 bits per heavy atom. The smallest absolute Gasteiger partial charge is 0.175 e. The van der Waals surface area contributed by atoms with Crippen molar-refractivity contribution in [2.75, 3.05) is 6.26 Å². The van der Waals surface area contributed by atoms with Crippen LogP contribution in [0.3, 0.4) is 0 Å². The maximum absolute atomic E-state index is 12.2. The van der Waals surface area contributed by atoms with Gasteiger partial charge in [-0.05, 0) is 35.8 Å². The number of hydrogen-bond donors (Lipinski definition) is 0. The van der Waals surface area contributed by atoms with E-state index in [0.29, 0.717) is 18.4 Å². The first kappa shape index (κ1) is 17.4. The first-order valence-corrected chi connectivity index (χ1v) is 8.83. The SMILES string of the molecule is CS(=O)(=O)c1ccc(C2=C(c3cccnc3)C(=O)CC2)cc1.Cl. The minimum absolute atomic E-state index is 0. The molecule has 0 saturated carbocycles. The zero-order valence-corrected chi connectivity index (χ0v) is 14.2. The minimum Gasteiger partial charge on any atom is -0.294 e. The number of aromatic nitrogens is 1. The van der Waals surface area contributed by atoms with Crippen LogP contribution in [0.15, 0.2) is 53.7 Å². The summed E-state index contributed by atoms with van der Waals surface area (Å²) in [5, 5.41) is 0. The highest BCUT2D eigenvalue weighted by Gasteiger charge is 2.25. The second-order valence-electron chi connectivity index (χ2n) is 5.31. The van der Waals surface area contributed by atoms with E-state index in [-0.39, 0.29) is 23.1 Å². The third-order valence-electron chi connectivity index (χ3n) is 3.76. The summed E-state index contributed by atoms with van der Waals surface area (Å²) in [6.45, 7) is 0. The molecule has 0 fully saturated rings. The van der Waals surface area contributed by atoms with Gasteiger partial charge in [-0.3, -0.25) is 9.78 Å². The van der Waals surface area contributed by atoms with Gasteiger partial charge in [-0.1, -0.05) is 18.2 Å². The third-order valence-corrected chi connectivity index (χ3v) is 4.89. The molecule has 0 radical (unpaired) electrons. The average molecular weight is 350 g/mol. The normalized spacial score (nSPS) is 14.7. The number of benzene rings is 1. The molecule has 0 saturated heterocycles. The van der Waals surface area contributed by atoms with Crippen LogP contribution < -0.4 is 0 Å². The van der Waals surface area contributed by atoms with Gasteiger partial charge in [-0.15, -0.1) is 12.4 Å². The van der Waals surface area contributed by atoms with Gasteiger partial charge in [0.15, 0.2) is 15.6 Å². The number of nitrogens with zero attached hydrogens (tertiary/aromatic N) is 1. The van der Waals surface area contributed by atoms with Crippen molar-refractivity contribution >= 4 is 39.2 Å². The molecule has 1 aromatic carbocycles. The van der Waals surface area contributed by atoms with Gasteiger partial charge in [-0.2, -0.15) is 0 Å². The van der Waals surface area contributed by atoms with E-state index >= 15 is 0 Å². The summed E-state index contributed by atoms with van der Waals surface area (Å²) in [5.41, 5.74) is 3.35. The fourth-order valence-corrected chi connectivity index (χ4v) is 3.33. The molecule has 0 bridgehead atoms. The Labute approximate surface area is 141 Å². The van der Waals surface area contributed by atoms with Crippen molar-refractivity contribution < 1.29 is 13.2 Å². The molecule has 0 amide bonds. The molecule has 6 heteroatoms. The van der Waals surface area contributed by atoms with E-state index in [9.17, 15) is 13.2 Å². The monoisotopic (exact) mass is 349 g/mol. The lowest BCUT2D eigenvalue weighted by molar-refractivity contribution is -0.113. The van der Waals surface area contributed by atoms with Crippen LogP contribution in [0.4, 0.5) is 0 Å². The maximum Gasteiger partial charge on any atom is 0.175 e. The molecule has 120 valence electrons. The molecule has 0 aliphatic heterocycles. The van der Waals surface area contributed by atoms with Crippen LogP contribution >= 0.6 is 12.4 Å². The van der Waals surface area contributed by atoms with Gasteiger partial charge in [0, 0.05) is 36.2 Å². The van der Waals surface area contributed by atoms with Gasteiger partial charge in [0.25, 0.3) is 0 Å². The van der Waals surface area contributed by atoms with Crippen LogP contribution in [0.5, 0.6) is 0 Å². The van der Waals surface area contributed by atoms with Gasteiger partial charge in [0.2, 0.25) is 0 Å². The number of allylic oxidation sites excluding steroid dienone is 2. The molecule has 0 spiro atoms. The first-order valence-electron chi connectivity index (χ1n) is 6.94. The van der Waals surface area contributed by atoms with Crippen LogP contribution in [0.1, 0.15) is 24.0 Å². The number of pyridine rings is 1. The van der Waals surface area contributed by atoms with Crippen molar-refractivity contribution in [2.45, 2.75) is 17.7 Å². The molecule has 1 aliphatic carbocycles. The summed E-state index contributed by atoms with van der Waals surface area (Å²) in [6, 6.07) is 10.4. The summed E-state index contributed by atoms with van der Waals surface area (Å²) >= 11 is 0. The summed E-state index contributed by atoms with van der Waals surface area (Å²) in [7, 11) is -3.21. The van der Waals surface area contributed by atoms with Crippen molar-refractivity contribution in [3.63, 3.8) is 0 Å². The van der Waals surface area contributed by atoms with Crippen molar-refractivity contribution in [3.05, 3.63) is 59.9 Å². The Morgan fingerprint density at radius 1 is 1.00 bits per heavy atom. The number of hydrogen-bond acceptors (Lipinski definition) is 4. The van der Waals surface area contributed by atoms with Crippen molar-refractivity contribution in [1.29, 1.82) is 0 Å². The Morgan fingerprint density at radius 2 is 1.70 bits per heavy atom. The zero-order chi connectivity index (χ0) is 15.7. The number of halogens is 1. The van der Waals surface area contributed by atoms with Crippen LogP contribution in [-0.2, 0) is 14.6 Å². The molecule has 1 aromatic heterocycles. The quantitative estimate of drug-likeness (QED) is 0.853. The molecule has 4 nitrogen and oxygen atoms in total. The van der Waals surface area contributed by atoms with E-state index in [0.717, 1.165) is 16.7 Å². The van der Waals surface area contributed by atoms with Crippen molar-refractivity contribution in [1.82, 2.24) is 4.98 Å². The number of Topliss-reactive ketones (excluding diaryl/α,β-unsaturated/α-hetero) is 1. The Balaban J connectivity index is 0.00000192. The van der Waals surface area contributed by atoms with Gasteiger partial charge >= 0.3 is 0 Å². The van der Waals surface area contributed by atoms with Gasteiger partial charge in [0.05, 0.1) is 4.90 Å². The highest BCUT2D eigenvalue weighted by Crippen LogP contribution is 2.37. The predicted octanol–water partition coefficient (Wildman–Crippen LogP) is 3.18. The van der Waals surface area contributed by atoms with E-state index in [4.69, 9.17) is 0 Å². The van der Waals surface area contributed by atoms with E-state index in [2.05, 4.69) is 4.98 Å². The number of carbonyl (C=O) groups excluding carboxylic acids is 1. The second-order valence-corrected chi connectivity index (χ2v) is 7.33. The van der Waals surface area contributed by atoms with Crippen molar-refractivity contribution in [2.24, 2.45) is 0 Å². The molecule has 0 atom stereocenters. The van der Waals surface area contributed by atoms with Crippen LogP contribution in [0, 0.1) is 0 Å². The Hall–Kier alpha value is -1.98. The summed E-state index contributed by atoms with van der Waals surface area (Å²) in [5.74, 6) is 0.107. The van der Waals surface area contributed by atoms with E-state index in [1.54, 1.807) is 42.7 Å². The molecular formula is C17H16ClNO3S. The van der Waals surface area contributed by atoms with Gasteiger partial charge < -0.3 is 0 Å². The lowest BCUT2D eigenvalue weighted by Crippen LogP contribution is -1.98. The Bertz CT molecular complexity index is 856. The molecule has 3 rings (SSSR count). The minimum atomic E-state index is -3.21. The fourth-order valence-electron chi connectivity index (χ4n) is 2.69. The van der Waals surface area contributed by atoms with Crippen LogP contribution in [-0.4, -0.2) is 25.4 Å². The third kappa shape index (κ3) is 3.51. The molecule has 0 unspecified atom stereocenters. The van der Waals surface area contributed by atoms with E-state index < -0.39 is 9.84 Å². The lowest BCUT2D eigenvalue weighted by Gasteiger charge is -2.08.